The van der Waals surface area contributed by atoms with E-state index in [-0.39, 0.29) is 18.5 Å². The number of benzene rings is 1. The molecule has 1 N–H and O–H groups in total. The van der Waals surface area contributed by atoms with Gasteiger partial charge >= 0.3 is 0 Å². The molecule has 1 aliphatic heterocycles. The molecule has 1 saturated heterocycles. The van der Waals surface area contributed by atoms with Crippen molar-refractivity contribution in [2.75, 3.05) is 18.6 Å². The molecule has 2 unspecified atom stereocenters. The van der Waals surface area contributed by atoms with Crippen molar-refractivity contribution in [3.63, 3.8) is 0 Å². The first-order valence-electron chi connectivity index (χ1n) is 6.53. The fourth-order valence-corrected chi connectivity index (χ4v) is 3.01. The maximum Gasteiger partial charge on any atom is 0.238 e. The van der Waals surface area contributed by atoms with Gasteiger partial charge in [0.2, 0.25) is 5.91 Å². The van der Waals surface area contributed by atoms with E-state index < -0.39 is 17.8 Å². The van der Waals surface area contributed by atoms with Gasteiger partial charge < -0.3 is 4.90 Å². The van der Waals surface area contributed by atoms with Crippen molar-refractivity contribution in [1.82, 2.24) is 10.2 Å². The lowest BCUT2D eigenvalue weighted by molar-refractivity contribution is -0.130. The van der Waals surface area contributed by atoms with Crippen LogP contribution in [0.1, 0.15) is 25.1 Å². The van der Waals surface area contributed by atoms with Crippen molar-refractivity contribution < 1.29 is 13.6 Å². The fourth-order valence-electron chi connectivity index (χ4n) is 2.43. The number of hydrogen-bond donors (Lipinski definition) is 1. The first kappa shape index (κ1) is 15.3. The van der Waals surface area contributed by atoms with Crippen LogP contribution in [0.2, 0.25) is 0 Å². The van der Waals surface area contributed by atoms with Gasteiger partial charge in [0.25, 0.3) is 0 Å². The Labute approximate surface area is 121 Å². The maximum atomic E-state index is 13.9. The maximum absolute atomic E-state index is 13.9. The van der Waals surface area contributed by atoms with Gasteiger partial charge in [0.1, 0.15) is 17.8 Å². The number of carbonyl (C=O) groups excluding carboxylic acids is 1. The summed E-state index contributed by atoms with van der Waals surface area (Å²) in [5, 5.41) is 3.00. The van der Waals surface area contributed by atoms with Gasteiger partial charge in [-0.25, -0.2) is 8.78 Å². The molecule has 1 aromatic rings. The van der Waals surface area contributed by atoms with Crippen LogP contribution >= 0.6 is 11.8 Å². The minimum absolute atomic E-state index is 0.0133. The van der Waals surface area contributed by atoms with Crippen LogP contribution in [0.4, 0.5) is 8.78 Å². The predicted octanol–water partition coefficient (Wildman–Crippen LogP) is 2.54. The molecule has 1 aromatic carbocycles. The topological polar surface area (TPSA) is 32.3 Å². The Morgan fingerprint density at radius 2 is 2.25 bits per heavy atom. The molecule has 0 saturated carbocycles. The van der Waals surface area contributed by atoms with Gasteiger partial charge in [0.15, 0.2) is 0 Å². The van der Waals surface area contributed by atoms with Crippen LogP contribution in [0, 0.1) is 11.6 Å². The molecule has 0 radical (unpaired) electrons. The van der Waals surface area contributed by atoms with Crippen molar-refractivity contribution in [3.05, 3.63) is 35.4 Å². The Morgan fingerprint density at radius 3 is 2.90 bits per heavy atom. The Hall–Kier alpha value is -1.14. The smallest absolute Gasteiger partial charge is 0.238 e. The summed E-state index contributed by atoms with van der Waals surface area (Å²) >= 11 is 1.71. The Morgan fingerprint density at radius 1 is 1.50 bits per heavy atom. The van der Waals surface area contributed by atoms with Gasteiger partial charge in [0, 0.05) is 17.7 Å². The number of hydrogen-bond acceptors (Lipinski definition) is 3. The monoisotopic (exact) mass is 300 g/mol. The second-order valence-corrected chi connectivity index (χ2v) is 5.87. The van der Waals surface area contributed by atoms with Crippen LogP contribution in [-0.4, -0.2) is 35.4 Å². The second-order valence-electron chi connectivity index (χ2n) is 4.88. The first-order valence-corrected chi connectivity index (χ1v) is 7.92. The van der Waals surface area contributed by atoms with E-state index in [9.17, 15) is 13.6 Å². The summed E-state index contributed by atoms with van der Waals surface area (Å²) in [4.78, 5) is 13.7. The summed E-state index contributed by atoms with van der Waals surface area (Å²) in [6.45, 7) is 2.14. The Balaban J connectivity index is 2.23. The molecule has 2 atom stereocenters. The molecule has 2 rings (SSSR count). The quantitative estimate of drug-likeness (QED) is 0.907. The van der Waals surface area contributed by atoms with Crippen LogP contribution < -0.4 is 5.32 Å². The zero-order chi connectivity index (χ0) is 14.7. The minimum Gasteiger partial charge on any atom is -0.319 e. The van der Waals surface area contributed by atoms with E-state index in [4.69, 9.17) is 0 Å². The molecule has 0 bridgehead atoms. The van der Waals surface area contributed by atoms with E-state index in [1.54, 1.807) is 16.7 Å². The number of halogens is 2. The summed E-state index contributed by atoms with van der Waals surface area (Å²) in [5.74, 6) is -0.354. The Bertz CT molecular complexity index is 498. The molecule has 6 heteroatoms. The van der Waals surface area contributed by atoms with Gasteiger partial charge in [-0.15, -0.1) is 0 Å². The normalized spacial score (nSPS) is 20.5. The lowest BCUT2D eigenvalue weighted by Gasteiger charge is -2.30. The molecule has 1 heterocycles. The van der Waals surface area contributed by atoms with Crippen molar-refractivity contribution in [1.29, 1.82) is 0 Å². The summed E-state index contributed by atoms with van der Waals surface area (Å²) in [5.41, 5.74) is 0.313. The number of nitrogens with zero attached hydrogens (tertiary/aromatic N) is 1. The standard InChI is InChI=1S/C14H18F2N2OS/c1-9(5-6-20-2)18-13(19)8-17-14(18)11-4-3-10(15)7-12(11)16/h3-4,7,9,14,17H,5-6,8H2,1-2H3. The summed E-state index contributed by atoms with van der Waals surface area (Å²) in [7, 11) is 0. The van der Waals surface area contributed by atoms with E-state index in [1.165, 1.54) is 12.1 Å². The third-order valence-electron chi connectivity index (χ3n) is 3.48. The molecule has 1 amide bonds. The summed E-state index contributed by atoms with van der Waals surface area (Å²) < 4.78 is 26.9. The third-order valence-corrected chi connectivity index (χ3v) is 4.13. The van der Waals surface area contributed by atoms with Crippen molar-refractivity contribution in [2.24, 2.45) is 0 Å². The van der Waals surface area contributed by atoms with E-state index >= 15 is 0 Å². The zero-order valence-electron chi connectivity index (χ0n) is 11.5. The molecule has 0 aromatic heterocycles. The van der Waals surface area contributed by atoms with Crippen LogP contribution in [0.5, 0.6) is 0 Å². The van der Waals surface area contributed by atoms with Gasteiger partial charge in [-0.1, -0.05) is 0 Å². The highest BCUT2D eigenvalue weighted by Crippen LogP contribution is 2.28. The Kier molecular flexibility index (Phi) is 4.99. The minimum atomic E-state index is -0.626. The first-order chi connectivity index (χ1) is 9.54. The SMILES string of the molecule is CSCCC(C)N1C(=O)CNC1c1ccc(F)cc1F. The lowest BCUT2D eigenvalue weighted by Crippen LogP contribution is -2.38. The van der Waals surface area contributed by atoms with Crippen LogP contribution in [0.25, 0.3) is 0 Å². The third kappa shape index (κ3) is 3.12. The molecule has 3 nitrogen and oxygen atoms in total. The van der Waals surface area contributed by atoms with Gasteiger partial charge in [-0.3, -0.25) is 10.1 Å². The van der Waals surface area contributed by atoms with Gasteiger partial charge in [0.05, 0.1) is 6.54 Å². The average molecular weight is 300 g/mol. The number of thioether (sulfide) groups is 1. The van der Waals surface area contributed by atoms with Crippen molar-refractivity contribution in [3.8, 4) is 0 Å². The van der Waals surface area contributed by atoms with Crippen LogP contribution in [-0.2, 0) is 4.79 Å². The molecule has 110 valence electrons. The fraction of sp³-hybridized carbons (Fsp3) is 0.500. The highest BCUT2D eigenvalue weighted by molar-refractivity contribution is 7.98. The van der Waals surface area contributed by atoms with Gasteiger partial charge in [-0.2, -0.15) is 11.8 Å². The van der Waals surface area contributed by atoms with E-state index in [0.717, 1.165) is 18.2 Å². The molecular formula is C14H18F2N2OS. The van der Waals surface area contributed by atoms with Crippen LogP contribution in [0.15, 0.2) is 18.2 Å². The predicted molar refractivity (Wildman–Crippen MR) is 76.4 cm³/mol. The lowest BCUT2D eigenvalue weighted by atomic mass is 10.1. The van der Waals surface area contributed by atoms with Crippen molar-refractivity contribution in [2.45, 2.75) is 25.6 Å². The molecule has 0 spiro atoms. The largest absolute Gasteiger partial charge is 0.319 e. The number of amides is 1. The number of rotatable bonds is 5. The molecule has 1 fully saturated rings. The highest BCUT2D eigenvalue weighted by Gasteiger charge is 2.36. The number of carbonyl (C=O) groups is 1. The van der Waals surface area contributed by atoms with Crippen LogP contribution in [0.3, 0.4) is 0 Å². The second kappa shape index (κ2) is 6.54. The molecular weight excluding hydrogens is 282 g/mol. The molecule has 20 heavy (non-hydrogen) atoms. The average Bonchev–Trinajstić information content (AvgIpc) is 2.78. The van der Waals surface area contributed by atoms with Crippen molar-refractivity contribution >= 4 is 17.7 Å². The van der Waals surface area contributed by atoms with E-state index in [1.807, 2.05) is 13.2 Å². The highest BCUT2D eigenvalue weighted by atomic mass is 32.2. The molecule has 1 aliphatic rings. The van der Waals surface area contributed by atoms with E-state index in [0.29, 0.717) is 5.56 Å². The summed E-state index contributed by atoms with van der Waals surface area (Å²) in [6, 6.07) is 3.48. The van der Waals surface area contributed by atoms with Gasteiger partial charge in [-0.05, 0) is 37.5 Å². The number of nitrogens with one attached hydrogen (secondary N) is 1. The summed E-state index contributed by atoms with van der Waals surface area (Å²) in [6.07, 6.45) is 2.34. The molecule has 0 aliphatic carbocycles. The zero-order valence-corrected chi connectivity index (χ0v) is 12.3. The van der Waals surface area contributed by atoms with E-state index in [2.05, 4.69) is 5.32 Å².